The van der Waals surface area contributed by atoms with Gasteiger partial charge in [-0.3, -0.25) is 4.79 Å². The fourth-order valence-corrected chi connectivity index (χ4v) is 4.41. The number of aliphatic hydroxyl groups is 1. The second-order valence-electron chi connectivity index (χ2n) is 7.10. The third-order valence-corrected chi connectivity index (χ3v) is 5.58. The lowest BCUT2D eigenvalue weighted by Crippen LogP contribution is -2.36. The van der Waals surface area contributed by atoms with Crippen LogP contribution in [0.5, 0.6) is 0 Å². The summed E-state index contributed by atoms with van der Waals surface area (Å²) in [5, 5.41) is 9.75. The van der Waals surface area contributed by atoms with Crippen molar-refractivity contribution in [1.82, 2.24) is 9.88 Å². The number of aromatic nitrogens is 1. The lowest BCUT2D eigenvalue weighted by Gasteiger charge is -2.25. The number of hydrogen-bond acceptors (Lipinski definition) is 4. The van der Waals surface area contributed by atoms with E-state index < -0.39 is 0 Å². The molecule has 2 fully saturated rings. The Kier molecular flexibility index (Phi) is 3.41. The molecule has 1 amide bonds. The Balaban J connectivity index is 1.51. The zero-order valence-corrected chi connectivity index (χ0v) is 13.5. The van der Waals surface area contributed by atoms with Crippen molar-refractivity contribution in [2.75, 3.05) is 7.05 Å². The van der Waals surface area contributed by atoms with Gasteiger partial charge in [0, 0.05) is 25.6 Å². The molecule has 2 saturated carbocycles. The first-order chi connectivity index (χ1) is 11.0. The number of carbonyl (C=O) groups excluding carboxylic acids is 1. The molecule has 0 radical (unpaired) electrons. The number of hydrogen-bond donors (Lipinski definition) is 1. The van der Waals surface area contributed by atoms with Gasteiger partial charge < -0.3 is 14.4 Å². The van der Waals surface area contributed by atoms with Gasteiger partial charge in [-0.2, -0.15) is 0 Å². The Labute approximate surface area is 135 Å². The molecule has 0 saturated heterocycles. The highest BCUT2D eigenvalue weighted by Gasteiger charge is 2.43. The van der Waals surface area contributed by atoms with E-state index in [1.165, 1.54) is 0 Å². The van der Waals surface area contributed by atoms with Crippen LogP contribution in [0, 0.1) is 18.8 Å². The van der Waals surface area contributed by atoms with Gasteiger partial charge in [-0.05, 0) is 55.7 Å². The van der Waals surface area contributed by atoms with Gasteiger partial charge in [-0.1, -0.05) is 0 Å². The zero-order valence-electron chi connectivity index (χ0n) is 13.5. The number of rotatable bonds is 2. The van der Waals surface area contributed by atoms with Crippen molar-refractivity contribution in [3.05, 3.63) is 29.7 Å². The van der Waals surface area contributed by atoms with Crippen molar-refractivity contribution in [2.24, 2.45) is 11.8 Å². The van der Waals surface area contributed by atoms with E-state index in [-0.39, 0.29) is 18.1 Å². The molecule has 0 spiro atoms. The van der Waals surface area contributed by atoms with Crippen LogP contribution in [0.25, 0.3) is 11.1 Å². The van der Waals surface area contributed by atoms with E-state index in [0.717, 1.165) is 31.2 Å². The topological polar surface area (TPSA) is 66.6 Å². The number of aliphatic hydroxyl groups excluding tert-OH is 1. The first-order valence-electron chi connectivity index (χ1n) is 8.33. The van der Waals surface area contributed by atoms with E-state index in [1.807, 2.05) is 24.1 Å². The van der Waals surface area contributed by atoms with Crippen molar-refractivity contribution >= 4 is 17.0 Å². The van der Waals surface area contributed by atoms with Gasteiger partial charge in [0.25, 0.3) is 5.91 Å². The Morgan fingerprint density at radius 3 is 2.65 bits per heavy atom. The van der Waals surface area contributed by atoms with Crippen LogP contribution in [0.15, 0.2) is 22.6 Å². The number of fused-ring (bicyclic) bond motifs is 2. The van der Waals surface area contributed by atoms with E-state index in [9.17, 15) is 9.90 Å². The van der Waals surface area contributed by atoms with Gasteiger partial charge in [-0.15, -0.1) is 0 Å². The third kappa shape index (κ3) is 2.53. The minimum Gasteiger partial charge on any atom is -0.441 e. The summed E-state index contributed by atoms with van der Waals surface area (Å²) in [4.78, 5) is 18.9. The van der Waals surface area contributed by atoms with Gasteiger partial charge in [0.1, 0.15) is 5.52 Å². The first kappa shape index (κ1) is 14.7. The Hall–Kier alpha value is -1.88. The lowest BCUT2D eigenvalue weighted by atomic mass is 10.0. The third-order valence-electron chi connectivity index (χ3n) is 5.58. The van der Waals surface area contributed by atoms with Crippen LogP contribution < -0.4 is 0 Å². The van der Waals surface area contributed by atoms with Gasteiger partial charge in [-0.25, -0.2) is 4.98 Å². The number of amides is 1. The average molecular weight is 314 g/mol. The Morgan fingerprint density at radius 1 is 1.26 bits per heavy atom. The molecule has 5 heteroatoms. The Morgan fingerprint density at radius 2 is 1.96 bits per heavy atom. The fraction of sp³-hybridized carbons (Fsp3) is 0.556. The maximum absolute atomic E-state index is 12.8. The molecule has 1 aromatic heterocycles. The van der Waals surface area contributed by atoms with Crippen LogP contribution in [-0.2, 0) is 0 Å². The highest BCUT2D eigenvalue weighted by atomic mass is 16.3. The van der Waals surface area contributed by atoms with Gasteiger partial charge in [0.2, 0.25) is 0 Å². The molecule has 1 heterocycles. The molecule has 2 unspecified atom stereocenters. The smallest absolute Gasteiger partial charge is 0.253 e. The molecule has 0 bridgehead atoms. The van der Waals surface area contributed by atoms with E-state index in [0.29, 0.717) is 28.9 Å². The molecule has 23 heavy (non-hydrogen) atoms. The summed E-state index contributed by atoms with van der Waals surface area (Å²) in [6.07, 6.45) is 3.67. The van der Waals surface area contributed by atoms with Crippen molar-refractivity contribution in [3.63, 3.8) is 0 Å². The molecule has 122 valence electrons. The molecule has 5 nitrogen and oxygen atoms in total. The van der Waals surface area contributed by atoms with E-state index >= 15 is 0 Å². The Bertz CT molecular complexity index is 740. The summed E-state index contributed by atoms with van der Waals surface area (Å²) in [7, 11) is 1.89. The molecule has 2 aliphatic rings. The standard InChI is InChI=1S/C18H22N2O3/c1-10-19-16-4-3-11(9-17(16)23-10)18(22)20(2)14-5-12-7-15(21)8-13(12)6-14/h3-4,9,12-15,21H,5-8H2,1-2H3/t12-,13+,14?,15?. The summed E-state index contributed by atoms with van der Waals surface area (Å²) in [5.74, 6) is 1.79. The number of aryl methyl sites for hydroxylation is 1. The van der Waals surface area contributed by atoms with Gasteiger partial charge >= 0.3 is 0 Å². The van der Waals surface area contributed by atoms with Crippen molar-refractivity contribution in [3.8, 4) is 0 Å². The van der Waals surface area contributed by atoms with Crippen LogP contribution in [0.3, 0.4) is 0 Å². The molecular formula is C18H22N2O3. The largest absolute Gasteiger partial charge is 0.441 e. The second kappa shape index (κ2) is 5.34. The molecule has 1 aromatic carbocycles. The van der Waals surface area contributed by atoms with Crippen LogP contribution in [0.2, 0.25) is 0 Å². The zero-order chi connectivity index (χ0) is 16.1. The summed E-state index contributed by atoms with van der Waals surface area (Å²) in [6.45, 7) is 1.80. The monoisotopic (exact) mass is 314 g/mol. The molecule has 2 aliphatic carbocycles. The maximum Gasteiger partial charge on any atom is 0.253 e. The van der Waals surface area contributed by atoms with E-state index in [4.69, 9.17) is 4.42 Å². The van der Waals surface area contributed by atoms with Crippen LogP contribution in [0.4, 0.5) is 0 Å². The van der Waals surface area contributed by atoms with Crippen LogP contribution in [-0.4, -0.2) is 40.1 Å². The van der Waals surface area contributed by atoms with Crippen LogP contribution >= 0.6 is 0 Å². The summed E-state index contributed by atoms with van der Waals surface area (Å²) in [5.41, 5.74) is 2.09. The molecular weight excluding hydrogens is 292 g/mol. The molecule has 2 aromatic rings. The quantitative estimate of drug-likeness (QED) is 0.925. The van der Waals surface area contributed by atoms with Gasteiger partial charge in [0.15, 0.2) is 11.5 Å². The lowest BCUT2D eigenvalue weighted by molar-refractivity contribution is 0.0722. The minimum atomic E-state index is -0.135. The highest BCUT2D eigenvalue weighted by Crippen LogP contribution is 2.45. The summed E-state index contributed by atoms with van der Waals surface area (Å²) >= 11 is 0. The second-order valence-corrected chi connectivity index (χ2v) is 7.10. The summed E-state index contributed by atoms with van der Waals surface area (Å²) < 4.78 is 5.53. The number of benzene rings is 1. The predicted molar refractivity (Wildman–Crippen MR) is 86.1 cm³/mol. The van der Waals surface area contributed by atoms with Crippen molar-refractivity contribution in [1.29, 1.82) is 0 Å². The predicted octanol–water partition coefficient (Wildman–Crippen LogP) is 2.76. The normalized spacial score (nSPS) is 29.9. The number of oxazole rings is 1. The first-order valence-corrected chi connectivity index (χ1v) is 8.33. The number of nitrogens with zero attached hydrogens (tertiary/aromatic N) is 2. The molecule has 1 N–H and O–H groups in total. The summed E-state index contributed by atoms with van der Waals surface area (Å²) in [6, 6.07) is 5.72. The molecule has 0 aliphatic heterocycles. The molecule has 4 rings (SSSR count). The number of carbonyl (C=O) groups is 1. The maximum atomic E-state index is 12.8. The van der Waals surface area contributed by atoms with Crippen molar-refractivity contribution in [2.45, 2.75) is 44.8 Å². The fourth-order valence-electron chi connectivity index (χ4n) is 4.41. The average Bonchev–Trinajstić information content (AvgIpc) is 3.15. The van der Waals surface area contributed by atoms with Gasteiger partial charge in [0.05, 0.1) is 6.10 Å². The van der Waals surface area contributed by atoms with E-state index in [1.54, 1.807) is 13.0 Å². The highest BCUT2D eigenvalue weighted by molar-refractivity contribution is 5.97. The molecule has 4 atom stereocenters. The van der Waals surface area contributed by atoms with Crippen LogP contribution in [0.1, 0.15) is 41.9 Å². The SMILES string of the molecule is Cc1nc2ccc(C(=O)N(C)C3C[C@H]4CC(O)C[C@H]4C3)cc2o1. The van der Waals surface area contributed by atoms with Crippen molar-refractivity contribution < 1.29 is 14.3 Å². The van der Waals surface area contributed by atoms with E-state index in [2.05, 4.69) is 4.98 Å². The minimum absolute atomic E-state index is 0.0338.